The number of aromatic nitrogens is 1. The number of hydrazine groups is 1. The van der Waals surface area contributed by atoms with Gasteiger partial charge in [-0.3, -0.25) is 0 Å². The predicted molar refractivity (Wildman–Crippen MR) is 164 cm³/mol. The fraction of sp³-hybridized carbons (Fsp3) is 0.606. The number of nitrogens with zero attached hydrogens (tertiary/aromatic N) is 2. The number of allylic oxidation sites excluding steroid dienone is 1. The number of pyridine rings is 1. The molecule has 0 radical (unpaired) electrons. The highest BCUT2D eigenvalue weighted by Crippen LogP contribution is 2.28. The Morgan fingerprint density at radius 3 is 2.35 bits per heavy atom. The monoisotopic (exact) mass is 508 g/mol. The molecule has 3 rings (SSSR count). The summed E-state index contributed by atoms with van der Waals surface area (Å²) >= 11 is 0. The van der Waals surface area contributed by atoms with Crippen molar-refractivity contribution in [2.75, 3.05) is 18.9 Å². The van der Waals surface area contributed by atoms with Gasteiger partial charge in [-0.25, -0.2) is 10.4 Å². The standard InChI is InChI=1S/C27H40N4.C4H10.C2H6/c1-5-6-7-8-17-29-31-20-25-19-23(15-16-24(25)18-21(2)22(31)3)11-9-12-26-13-10-14-27(28-4)30-26;1-3-4-2;1-2/h10,13-16,19,21,29H,3,5-9,11-12,17-18,20H2,1-2,4H3,(H,28,30);3-4H2,1-2H3;1-2H3/t21-;;/m1../s1. The van der Waals surface area contributed by atoms with Crippen molar-refractivity contribution in [2.45, 2.75) is 112 Å². The van der Waals surface area contributed by atoms with E-state index in [1.54, 1.807) is 0 Å². The topological polar surface area (TPSA) is 40.2 Å². The van der Waals surface area contributed by atoms with Crippen molar-refractivity contribution in [3.63, 3.8) is 0 Å². The number of aryl methyl sites for hydroxylation is 2. The normalized spacial score (nSPS) is 14.5. The van der Waals surface area contributed by atoms with E-state index in [0.29, 0.717) is 5.92 Å². The summed E-state index contributed by atoms with van der Waals surface area (Å²) in [7, 11) is 1.92. The second kappa shape index (κ2) is 19.7. The second-order valence-electron chi connectivity index (χ2n) is 9.87. The molecule has 37 heavy (non-hydrogen) atoms. The Kier molecular flexibility index (Phi) is 17.4. The van der Waals surface area contributed by atoms with E-state index in [-0.39, 0.29) is 0 Å². The maximum atomic E-state index is 4.64. The summed E-state index contributed by atoms with van der Waals surface area (Å²) in [6, 6.07) is 13.3. The Balaban J connectivity index is 0.00000104. The molecule has 208 valence electrons. The van der Waals surface area contributed by atoms with Crippen LogP contribution in [0, 0.1) is 5.92 Å². The molecule has 4 heteroatoms. The smallest absolute Gasteiger partial charge is 0.125 e. The molecule has 1 aromatic carbocycles. The van der Waals surface area contributed by atoms with E-state index in [4.69, 9.17) is 0 Å². The second-order valence-corrected chi connectivity index (χ2v) is 9.87. The molecule has 0 amide bonds. The lowest BCUT2D eigenvalue weighted by atomic mass is 9.94. The van der Waals surface area contributed by atoms with Crippen LogP contribution in [0.4, 0.5) is 5.82 Å². The quantitative estimate of drug-likeness (QED) is 0.281. The molecule has 0 saturated carbocycles. The largest absolute Gasteiger partial charge is 0.373 e. The van der Waals surface area contributed by atoms with Crippen molar-refractivity contribution in [3.05, 3.63) is 71.1 Å². The van der Waals surface area contributed by atoms with Crippen LogP contribution in [0.15, 0.2) is 48.7 Å². The van der Waals surface area contributed by atoms with Gasteiger partial charge in [0.2, 0.25) is 0 Å². The van der Waals surface area contributed by atoms with E-state index in [0.717, 1.165) is 50.3 Å². The van der Waals surface area contributed by atoms with E-state index >= 15 is 0 Å². The number of rotatable bonds is 12. The van der Waals surface area contributed by atoms with Crippen molar-refractivity contribution in [2.24, 2.45) is 5.92 Å². The zero-order valence-electron chi connectivity index (χ0n) is 25.1. The lowest BCUT2D eigenvalue weighted by molar-refractivity contribution is 0.217. The minimum atomic E-state index is 0.459. The van der Waals surface area contributed by atoms with Gasteiger partial charge in [0.25, 0.3) is 0 Å². The molecule has 0 fully saturated rings. The van der Waals surface area contributed by atoms with Gasteiger partial charge in [-0.2, -0.15) is 0 Å². The van der Waals surface area contributed by atoms with Crippen molar-refractivity contribution < 1.29 is 0 Å². The van der Waals surface area contributed by atoms with Crippen LogP contribution in [0.1, 0.15) is 109 Å². The molecule has 0 spiro atoms. The number of anilines is 1. The summed E-state index contributed by atoms with van der Waals surface area (Å²) in [4.78, 5) is 4.64. The Morgan fingerprint density at radius 1 is 0.919 bits per heavy atom. The van der Waals surface area contributed by atoms with E-state index in [1.165, 1.54) is 60.9 Å². The van der Waals surface area contributed by atoms with Gasteiger partial charge in [0.1, 0.15) is 5.82 Å². The van der Waals surface area contributed by atoms with Crippen LogP contribution < -0.4 is 10.7 Å². The van der Waals surface area contributed by atoms with Crippen LogP contribution >= 0.6 is 0 Å². The molecule has 0 unspecified atom stereocenters. The number of hydrogen-bond acceptors (Lipinski definition) is 4. The predicted octanol–water partition coefficient (Wildman–Crippen LogP) is 8.72. The molecular formula is C33H56N4. The lowest BCUT2D eigenvalue weighted by Gasteiger charge is -2.28. The van der Waals surface area contributed by atoms with Gasteiger partial charge >= 0.3 is 0 Å². The lowest BCUT2D eigenvalue weighted by Crippen LogP contribution is -2.38. The summed E-state index contributed by atoms with van der Waals surface area (Å²) in [5.41, 5.74) is 10.4. The van der Waals surface area contributed by atoms with Crippen molar-refractivity contribution in [1.29, 1.82) is 0 Å². The van der Waals surface area contributed by atoms with E-state index in [9.17, 15) is 0 Å². The van der Waals surface area contributed by atoms with Gasteiger partial charge in [-0.15, -0.1) is 0 Å². The Hall–Kier alpha value is -2.33. The number of fused-ring (bicyclic) bond motifs is 1. The van der Waals surface area contributed by atoms with E-state index in [1.807, 2.05) is 27.0 Å². The molecule has 4 nitrogen and oxygen atoms in total. The highest BCUT2D eigenvalue weighted by Gasteiger charge is 2.22. The first-order chi connectivity index (χ1) is 18.0. The molecule has 1 aliphatic rings. The number of nitrogens with one attached hydrogen (secondary N) is 2. The highest BCUT2D eigenvalue weighted by atomic mass is 15.5. The van der Waals surface area contributed by atoms with E-state index < -0.39 is 0 Å². The maximum absolute atomic E-state index is 4.64. The van der Waals surface area contributed by atoms with Crippen molar-refractivity contribution in [3.8, 4) is 0 Å². The molecule has 2 heterocycles. The van der Waals surface area contributed by atoms with Crippen LogP contribution in [0.2, 0.25) is 0 Å². The first-order valence-corrected chi connectivity index (χ1v) is 15.0. The van der Waals surface area contributed by atoms with Gasteiger partial charge in [0.05, 0.1) is 6.54 Å². The molecule has 0 saturated heterocycles. The molecule has 1 atom stereocenters. The van der Waals surface area contributed by atoms with Gasteiger partial charge in [-0.05, 0) is 60.9 Å². The third-order valence-electron chi connectivity index (χ3n) is 6.84. The zero-order valence-corrected chi connectivity index (χ0v) is 25.1. The average molecular weight is 509 g/mol. The molecular weight excluding hydrogens is 452 g/mol. The van der Waals surface area contributed by atoms with Crippen molar-refractivity contribution in [1.82, 2.24) is 15.4 Å². The molecule has 0 aliphatic carbocycles. The number of benzene rings is 1. The summed E-state index contributed by atoms with van der Waals surface area (Å²) in [6.07, 6.45) is 12.0. The summed E-state index contributed by atoms with van der Waals surface area (Å²) in [5.74, 6) is 1.40. The van der Waals surface area contributed by atoms with Crippen molar-refractivity contribution >= 4 is 5.82 Å². The summed E-state index contributed by atoms with van der Waals surface area (Å²) in [6.45, 7) is 19.3. The summed E-state index contributed by atoms with van der Waals surface area (Å²) in [5, 5.41) is 5.43. The first kappa shape index (κ1) is 32.7. The molecule has 2 aromatic rings. The molecule has 1 aromatic heterocycles. The van der Waals surface area contributed by atoms with Gasteiger partial charge < -0.3 is 10.3 Å². The van der Waals surface area contributed by atoms with Crippen LogP contribution in [0.25, 0.3) is 0 Å². The van der Waals surface area contributed by atoms with Gasteiger partial charge in [0, 0.05) is 30.9 Å². The first-order valence-electron chi connectivity index (χ1n) is 15.0. The third-order valence-corrected chi connectivity index (χ3v) is 6.84. The van der Waals surface area contributed by atoms with Crippen LogP contribution in [0.5, 0.6) is 0 Å². The van der Waals surface area contributed by atoms with Crippen LogP contribution in [-0.2, 0) is 25.8 Å². The fourth-order valence-electron chi connectivity index (χ4n) is 4.32. The third kappa shape index (κ3) is 12.2. The maximum Gasteiger partial charge on any atom is 0.125 e. The van der Waals surface area contributed by atoms with E-state index in [2.05, 4.69) is 85.3 Å². The minimum Gasteiger partial charge on any atom is -0.373 e. The van der Waals surface area contributed by atoms with Gasteiger partial charge in [-0.1, -0.05) is 104 Å². The average Bonchev–Trinajstić information content (AvgIpc) is 3.05. The summed E-state index contributed by atoms with van der Waals surface area (Å²) < 4.78 is 0. The molecule has 1 aliphatic heterocycles. The highest BCUT2D eigenvalue weighted by molar-refractivity contribution is 5.36. The Morgan fingerprint density at radius 2 is 1.68 bits per heavy atom. The SMILES string of the molecule is C=C1[C@H](C)Cc2ccc(CCCc3cccc(NC)n3)cc2CN1NCCCCCC.CC.CCCC. The molecule has 2 N–H and O–H groups in total. The Bertz CT molecular complexity index is 874. The number of unbranched alkanes of at least 4 members (excludes halogenated alkanes) is 4. The minimum absolute atomic E-state index is 0.459. The van der Waals surface area contributed by atoms with Crippen LogP contribution in [0.3, 0.4) is 0 Å². The van der Waals surface area contributed by atoms with Crippen LogP contribution in [-0.4, -0.2) is 23.6 Å². The number of hydrogen-bond donors (Lipinski definition) is 2. The fourth-order valence-corrected chi connectivity index (χ4v) is 4.32. The zero-order chi connectivity index (χ0) is 27.5. The molecule has 0 bridgehead atoms. The van der Waals surface area contributed by atoms with Gasteiger partial charge in [0.15, 0.2) is 0 Å². The Labute approximate surface area is 229 Å².